The van der Waals surface area contributed by atoms with Crippen LogP contribution in [0.3, 0.4) is 0 Å². The van der Waals surface area contributed by atoms with Crippen LogP contribution in [-0.4, -0.2) is 16.8 Å². The summed E-state index contributed by atoms with van der Waals surface area (Å²) < 4.78 is 20.9. The van der Waals surface area contributed by atoms with Gasteiger partial charge in [0.2, 0.25) is 0 Å². The molecular formula is C29H19BrFNO4. The van der Waals surface area contributed by atoms with Gasteiger partial charge in [-0.1, -0.05) is 64.5 Å². The molecule has 0 spiro atoms. The fourth-order valence-electron chi connectivity index (χ4n) is 4.18. The van der Waals surface area contributed by atoms with E-state index in [2.05, 4.69) is 15.9 Å². The smallest absolute Gasteiger partial charge is 0.300 e. The van der Waals surface area contributed by atoms with Crippen molar-refractivity contribution in [3.63, 3.8) is 0 Å². The predicted molar refractivity (Wildman–Crippen MR) is 138 cm³/mol. The minimum atomic E-state index is -1.00. The first-order valence-electron chi connectivity index (χ1n) is 11.1. The number of amides is 1. The number of carbonyl (C=O) groups excluding carboxylic acids is 2. The van der Waals surface area contributed by atoms with Gasteiger partial charge in [-0.15, -0.1) is 0 Å². The largest absolute Gasteiger partial charge is 0.507 e. The Morgan fingerprint density at radius 2 is 1.53 bits per heavy atom. The van der Waals surface area contributed by atoms with Gasteiger partial charge in [-0.2, -0.15) is 0 Å². The zero-order valence-electron chi connectivity index (χ0n) is 18.8. The number of hydrogen-bond acceptors (Lipinski definition) is 4. The van der Waals surface area contributed by atoms with Crippen LogP contribution in [0, 0.1) is 5.82 Å². The lowest BCUT2D eigenvalue weighted by atomic mass is 9.95. The Kier molecular flexibility index (Phi) is 6.40. The van der Waals surface area contributed by atoms with Crippen LogP contribution in [-0.2, 0) is 9.59 Å². The van der Waals surface area contributed by atoms with Crippen LogP contribution < -0.4 is 9.64 Å². The van der Waals surface area contributed by atoms with Crippen LogP contribution in [0.15, 0.2) is 113 Å². The maximum Gasteiger partial charge on any atom is 0.300 e. The summed E-state index contributed by atoms with van der Waals surface area (Å²) in [4.78, 5) is 27.7. The van der Waals surface area contributed by atoms with E-state index in [4.69, 9.17) is 4.74 Å². The Morgan fingerprint density at radius 3 is 2.25 bits per heavy atom. The Hall–Kier alpha value is -4.23. The van der Waals surface area contributed by atoms with E-state index in [0.717, 1.165) is 4.47 Å². The second-order valence-electron chi connectivity index (χ2n) is 8.14. The summed E-state index contributed by atoms with van der Waals surface area (Å²) in [6.07, 6.45) is 0. The van der Waals surface area contributed by atoms with Gasteiger partial charge >= 0.3 is 0 Å². The number of ether oxygens (including phenoxy) is 1. The molecule has 0 aromatic heterocycles. The summed E-state index contributed by atoms with van der Waals surface area (Å²) >= 11 is 3.35. The highest BCUT2D eigenvalue weighted by molar-refractivity contribution is 9.10. The fraction of sp³-hybridized carbons (Fsp3) is 0.0345. The van der Waals surface area contributed by atoms with E-state index >= 15 is 0 Å². The second kappa shape index (κ2) is 9.79. The number of anilines is 1. The van der Waals surface area contributed by atoms with Gasteiger partial charge in [-0.05, 0) is 60.2 Å². The molecule has 36 heavy (non-hydrogen) atoms. The first kappa shape index (κ1) is 23.5. The van der Waals surface area contributed by atoms with Gasteiger partial charge in [0.25, 0.3) is 11.7 Å². The predicted octanol–water partition coefficient (Wildman–Crippen LogP) is 7.01. The molecule has 7 heteroatoms. The molecular weight excluding hydrogens is 525 g/mol. The monoisotopic (exact) mass is 543 g/mol. The van der Waals surface area contributed by atoms with Crippen molar-refractivity contribution in [3.05, 3.63) is 130 Å². The summed E-state index contributed by atoms with van der Waals surface area (Å²) in [5.41, 5.74) is 0.998. The molecule has 0 radical (unpaired) electrons. The topological polar surface area (TPSA) is 66.8 Å². The number of para-hydroxylation sites is 1. The van der Waals surface area contributed by atoms with Crippen molar-refractivity contribution in [2.24, 2.45) is 0 Å². The van der Waals surface area contributed by atoms with Crippen molar-refractivity contribution in [3.8, 4) is 11.5 Å². The number of ketones is 1. The molecule has 1 amide bonds. The second-order valence-corrected chi connectivity index (χ2v) is 9.06. The van der Waals surface area contributed by atoms with Gasteiger partial charge in [0.05, 0.1) is 11.6 Å². The van der Waals surface area contributed by atoms with Gasteiger partial charge in [-0.25, -0.2) is 4.39 Å². The van der Waals surface area contributed by atoms with E-state index in [0.29, 0.717) is 22.6 Å². The summed E-state index contributed by atoms with van der Waals surface area (Å²) in [5, 5.41) is 11.2. The summed E-state index contributed by atoms with van der Waals surface area (Å²) in [6, 6.07) is 27.3. The third-order valence-corrected chi connectivity index (χ3v) is 6.33. The average Bonchev–Trinajstić information content (AvgIpc) is 3.15. The molecule has 1 atom stereocenters. The molecule has 5 nitrogen and oxygen atoms in total. The van der Waals surface area contributed by atoms with Crippen molar-refractivity contribution in [1.82, 2.24) is 0 Å². The minimum Gasteiger partial charge on any atom is -0.507 e. The summed E-state index contributed by atoms with van der Waals surface area (Å²) in [6.45, 7) is 0. The number of hydrogen-bond donors (Lipinski definition) is 1. The van der Waals surface area contributed by atoms with Crippen molar-refractivity contribution < 1.29 is 23.8 Å². The third kappa shape index (κ3) is 4.53. The molecule has 0 bridgehead atoms. The van der Waals surface area contributed by atoms with Crippen molar-refractivity contribution in [2.75, 3.05) is 4.90 Å². The minimum absolute atomic E-state index is 0.0940. The number of nitrogens with zero attached hydrogens (tertiary/aromatic N) is 1. The van der Waals surface area contributed by atoms with Crippen LogP contribution in [0.1, 0.15) is 17.2 Å². The van der Waals surface area contributed by atoms with Crippen molar-refractivity contribution in [1.29, 1.82) is 0 Å². The van der Waals surface area contributed by atoms with Gasteiger partial charge in [0, 0.05) is 15.7 Å². The molecule has 1 unspecified atom stereocenters. The van der Waals surface area contributed by atoms with E-state index in [1.807, 2.05) is 18.2 Å². The van der Waals surface area contributed by atoms with Crippen LogP contribution in [0.2, 0.25) is 0 Å². The number of rotatable bonds is 5. The standard InChI is InChI=1S/C29H19BrFNO4/c30-20-14-12-18(13-15-20)27(33)25-26(32(29(35)28(25)34)22-8-5-7-21(31)17-22)19-6-4-11-24(16-19)36-23-9-2-1-3-10-23/h1-17,26,33H/b27-25+. The van der Waals surface area contributed by atoms with Gasteiger partial charge in [0.1, 0.15) is 23.1 Å². The first-order chi connectivity index (χ1) is 17.4. The number of aliphatic hydroxyl groups is 1. The average molecular weight is 544 g/mol. The maximum absolute atomic E-state index is 14.1. The highest BCUT2D eigenvalue weighted by Crippen LogP contribution is 2.43. The molecule has 4 aromatic rings. The van der Waals surface area contributed by atoms with Crippen molar-refractivity contribution in [2.45, 2.75) is 6.04 Å². The molecule has 4 aromatic carbocycles. The molecule has 1 heterocycles. The third-order valence-electron chi connectivity index (χ3n) is 5.80. The SMILES string of the molecule is O=C1C(=O)N(c2cccc(F)c2)C(c2cccc(Oc3ccccc3)c2)/C1=C(\O)c1ccc(Br)cc1. The van der Waals surface area contributed by atoms with Crippen LogP contribution in [0.4, 0.5) is 10.1 Å². The van der Waals surface area contributed by atoms with Gasteiger partial charge < -0.3 is 9.84 Å². The Balaban J connectivity index is 1.67. The zero-order valence-corrected chi connectivity index (χ0v) is 20.4. The number of Topliss-reactive ketones (excluding diaryl/α,β-unsaturated/α-hetero) is 1. The Bertz CT molecular complexity index is 1480. The Morgan fingerprint density at radius 1 is 0.833 bits per heavy atom. The summed E-state index contributed by atoms with van der Waals surface area (Å²) in [7, 11) is 0. The maximum atomic E-state index is 14.1. The molecule has 5 rings (SSSR count). The molecule has 1 N–H and O–H groups in total. The van der Waals surface area contributed by atoms with Crippen molar-refractivity contribution >= 4 is 39.1 Å². The fourth-order valence-corrected chi connectivity index (χ4v) is 4.44. The lowest BCUT2D eigenvalue weighted by Crippen LogP contribution is -2.29. The van der Waals surface area contributed by atoms with Crippen LogP contribution in [0.5, 0.6) is 11.5 Å². The summed E-state index contributed by atoms with van der Waals surface area (Å²) in [5.74, 6) is -1.50. The molecule has 1 saturated heterocycles. The zero-order chi connectivity index (χ0) is 25.2. The Labute approximate surface area is 215 Å². The number of aliphatic hydroxyl groups excluding tert-OH is 1. The molecule has 1 aliphatic rings. The highest BCUT2D eigenvalue weighted by atomic mass is 79.9. The molecule has 0 aliphatic carbocycles. The normalized spacial score (nSPS) is 16.8. The van der Waals surface area contributed by atoms with Crippen LogP contribution in [0.25, 0.3) is 5.76 Å². The molecule has 1 aliphatic heterocycles. The number of carbonyl (C=O) groups is 2. The van der Waals surface area contributed by atoms with Gasteiger partial charge in [-0.3, -0.25) is 14.5 Å². The number of halogens is 2. The molecule has 178 valence electrons. The van der Waals surface area contributed by atoms with E-state index in [-0.39, 0.29) is 17.0 Å². The van der Waals surface area contributed by atoms with E-state index in [9.17, 15) is 19.1 Å². The number of benzene rings is 4. The lowest BCUT2D eigenvalue weighted by Gasteiger charge is -2.25. The first-order valence-corrected chi connectivity index (χ1v) is 11.9. The quantitative estimate of drug-likeness (QED) is 0.167. The van der Waals surface area contributed by atoms with Gasteiger partial charge in [0.15, 0.2) is 0 Å². The highest BCUT2D eigenvalue weighted by Gasteiger charge is 2.47. The van der Waals surface area contributed by atoms with E-state index in [1.54, 1.807) is 66.7 Å². The van der Waals surface area contributed by atoms with E-state index in [1.165, 1.54) is 23.1 Å². The molecule has 0 saturated carbocycles. The van der Waals surface area contributed by atoms with E-state index < -0.39 is 23.5 Å². The lowest BCUT2D eigenvalue weighted by molar-refractivity contribution is -0.132. The molecule has 1 fully saturated rings. The van der Waals surface area contributed by atoms with Crippen LogP contribution >= 0.6 is 15.9 Å².